The van der Waals surface area contributed by atoms with Gasteiger partial charge in [-0.25, -0.2) is 0 Å². The number of aromatic amines is 1. The summed E-state index contributed by atoms with van der Waals surface area (Å²) in [7, 11) is 1.58. The lowest BCUT2D eigenvalue weighted by Crippen LogP contribution is -2.21. The molecule has 1 amide bonds. The molecule has 0 fully saturated rings. The second-order valence-electron chi connectivity index (χ2n) is 4.53. The molecule has 5 nitrogen and oxygen atoms in total. The molecule has 5 heteroatoms. The fraction of sp³-hybridized carbons (Fsp3) is 0.200. The van der Waals surface area contributed by atoms with Crippen LogP contribution in [0, 0.1) is 13.8 Å². The Morgan fingerprint density at radius 1 is 1.25 bits per heavy atom. The standard InChI is InChI=1S/C15H16N2O3/c1-9-6-11(20-3)4-5-13(9)17-15(19)12-8-16-10(2)7-14(12)18/h4-8H,1-3H3,(H,16,18)(H,17,19). The maximum atomic E-state index is 12.1. The number of benzene rings is 1. The molecule has 1 heterocycles. The predicted octanol–water partition coefficient (Wildman–Crippen LogP) is 2.25. The number of ether oxygens (including phenoxy) is 1. The van der Waals surface area contributed by atoms with Gasteiger partial charge in [0.1, 0.15) is 11.3 Å². The van der Waals surface area contributed by atoms with Crippen LogP contribution in [0.1, 0.15) is 21.6 Å². The van der Waals surface area contributed by atoms with E-state index in [4.69, 9.17) is 4.74 Å². The summed E-state index contributed by atoms with van der Waals surface area (Å²) in [5.74, 6) is 0.285. The molecular formula is C15H16N2O3. The third-order valence-electron chi connectivity index (χ3n) is 2.98. The van der Waals surface area contributed by atoms with E-state index in [1.165, 1.54) is 12.3 Å². The van der Waals surface area contributed by atoms with Crippen molar-refractivity contribution in [2.45, 2.75) is 13.8 Å². The minimum atomic E-state index is -0.431. The molecule has 0 saturated heterocycles. The molecule has 0 atom stereocenters. The summed E-state index contributed by atoms with van der Waals surface area (Å²) in [5.41, 5.74) is 2.01. The van der Waals surface area contributed by atoms with Crippen LogP contribution in [-0.4, -0.2) is 18.0 Å². The quantitative estimate of drug-likeness (QED) is 0.900. The summed E-state index contributed by atoms with van der Waals surface area (Å²) in [6, 6.07) is 6.71. The molecule has 2 aromatic rings. The van der Waals surface area contributed by atoms with Crippen molar-refractivity contribution in [2.24, 2.45) is 0 Å². The second-order valence-corrected chi connectivity index (χ2v) is 4.53. The highest BCUT2D eigenvalue weighted by atomic mass is 16.5. The highest BCUT2D eigenvalue weighted by Crippen LogP contribution is 2.21. The average molecular weight is 272 g/mol. The van der Waals surface area contributed by atoms with E-state index in [1.807, 2.05) is 13.0 Å². The summed E-state index contributed by atoms with van der Waals surface area (Å²) in [5, 5.41) is 2.72. The number of pyridine rings is 1. The number of aromatic nitrogens is 1. The van der Waals surface area contributed by atoms with Crippen molar-refractivity contribution in [3.63, 3.8) is 0 Å². The Labute approximate surface area is 116 Å². The first-order valence-electron chi connectivity index (χ1n) is 6.16. The van der Waals surface area contributed by atoms with E-state index in [9.17, 15) is 9.59 Å². The minimum Gasteiger partial charge on any atom is -0.497 e. The summed E-state index contributed by atoms with van der Waals surface area (Å²) in [6.07, 6.45) is 1.42. The fourth-order valence-corrected chi connectivity index (χ4v) is 1.84. The molecule has 0 unspecified atom stereocenters. The number of hydrogen-bond acceptors (Lipinski definition) is 3. The van der Waals surface area contributed by atoms with Crippen molar-refractivity contribution in [1.29, 1.82) is 0 Å². The largest absolute Gasteiger partial charge is 0.497 e. The molecule has 0 aliphatic carbocycles. The summed E-state index contributed by atoms with van der Waals surface area (Å²) < 4.78 is 5.10. The molecule has 1 aromatic heterocycles. The van der Waals surface area contributed by atoms with Crippen LogP contribution in [0.4, 0.5) is 5.69 Å². The number of amides is 1. The Hall–Kier alpha value is -2.56. The van der Waals surface area contributed by atoms with Gasteiger partial charge >= 0.3 is 0 Å². The molecule has 20 heavy (non-hydrogen) atoms. The molecule has 0 saturated carbocycles. The van der Waals surface area contributed by atoms with Gasteiger partial charge in [-0.15, -0.1) is 0 Å². The van der Waals surface area contributed by atoms with Crippen LogP contribution >= 0.6 is 0 Å². The third kappa shape index (κ3) is 2.88. The van der Waals surface area contributed by atoms with Gasteiger partial charge in [0.25, 0.3) is 5.91 Å². The number of nitrogens with one attached hydrogen (secondary N) is 2. The van der Waals surface area contributed by atoms with Crippen molar-refractivity contribution < 1.29 is 9.53 Å². The van der Waals surface area contributed by atoms with Gasteiger partial charge in [-0.3, -0.25) is 9.59 Å². The Bertz CT molecular complexity index is 705. The zero-order valence-corrected chi connectivity index (χ0v) is 11.6. The minimum absolute atomic E-state index is 0.0887. The lowest BCUT2D eigenvalue weighted by Gasteiger charge is -2.09. The molecule has 0 spiro atoms. The Morgan fingerprint density at radius 2 is 2.00 bits per heavy atom. The lowest BCUT2D eigenvalue weighted by atomic mass is 10.1. The fourth-order valence-electron chi connectivity index (χ4n) is 1.84. The monoisotopic (exact) mass is 272 g/mol. The number of hydrogen-bond donors (Lipinski definition) is 2. The van der Waals surface area contributed by atoms with Crippen LogP contribution in [0.25, 0.3) is 0 Å². The summed E-state index contributed by atoms with van der Waals surface area (Å²) in [6.45, 7) is 3.62. The maximum Gasteiger partial charge on any atom is 0.261 e. The van der Waals surface area contributed by atoms with E-state index in [0.29, 0.717) is 17.1 Å². The number of rotatable bonds is 3. The van der Waals surface area contributed by atoms with Crippen molar-refractivity contribution in [3.05, 3.63) is 57.5 Å². The number of carbonyl (C=O) groups is 1. The van der Waals surface area contributed by atoms with E-state index in [1.54, 1.807) is 26.2 Å². The van der Waals surface area contributed by atoms with Gasteiger partial charge in [0.15, 0.2) is 5.43 Å². The molecule has 1 aromatic carbocycles. The second kappa shape index (κ2) is 5.61. The Balaban J connectivity index is 2.25. The number of methoxy groups -OCH3 is 1. The normalized spacial score (nSPS) is 10.2. The topological polar surface area (TPSA) is 71.2 Å². The van der Waals surface area contributed by atoms with Crippen LogP contribution in [0.5, 0.6) is 5.75 Å². The van der Waals surface area contributed by atoms with Crippen LogP contribution in [0.3, 0.4) is 0 Å². The van der Waals surface area contributed by atoms with Gasteiger partial charge < -0.3 is 15.0 Å². The highest BCUT2D eigenvalue weighted by Gasteiger charge is 2.11. The average Bonchev–Trinajstić information content (AvgIpc) is 2.40. The first-order chi connectivity index (χ1) is 9.51. The van der Waals surface area contributed by atoms with Crippen LogP contribution in [-0.2, 0) is 0 Å². The van der Waals surface area contributed by atoms with E-state index >= 15 is 0 Å². The molecule has 2 rings (SSSR count). The smallest absolute Gasteiger partial charge is 0.261 e. The van der Waals surface area contributed by atoms with Gasteiger partial charge in [-0.05, 0) is 37.6 Å². The van der Waals surface area contributed by atoms with Crippen molar-refractivity contribution in [3.8, 4) is 5.75 Å². The number of H-pyrrole nitrogens is 1. The Kier molecular flexibility index (Phi) is 3.89. The first-order valence-corrected chi connectivity index (χ1v) is 6.16. The number of anilines is 1. The third-order valence-corrected chi connectivity index (χ3v) is 2.98. The maximum absolute atomic E-state index is 12.1. The predicted molar refractivity (Wildman–Crippen MR) is 77.5 cm³/mol. The lowest BCUT2D eigenvalue weighted by molar-refractivity contribution is 0.102. The first kappa shape index (κ1) is 13.9. The number of aryl methyl sites for hydroxylation is 2. The summed E-state index contributed by atoms with van der Waals surface area (Å²) >= 11 is 0. The van der Waals surface area contributed by atoms with E-state index < -0.39 is 5.91 Å². The SMILES string of the molecule is COc1ccc(NC(=O)c2c[nH]c(C)cc2=O)c(C)c1. The highest BCUT2D eigenvalue weighted by molar-refractivity contribution is 6.04. The zero-order chi connectivity index (χ0) is 14.7. The molecule has 0 aliphatic rings. The molecular weight excluding hydrogens is 256 g/mol. The molecule has 0 aliphatic heterocycles. The number of carbonyl (C=O) groups excluding carboxylic acids is 1. The summed E-state index contributed by atoms with van der Waals surface area (Å²) in [4.78, 5) is 26.7. The van der Waals surface area contributed by atoms with Crippen LogP contribution in [0.2, 0.25) is 0 Å². The van der Waals surface area contributed by atoms with Gasteiger partial charge in [0, 0.05) is 23.6 Å². The molecule has 0 radical (unpaired) electrons. The van der Waals surface area contributed by atoms with E-state index in [2.05, 4.69) is 10.3 Å². The molecule has 2 N–H and O–H groups in total. The van der Waals surface area contributed by atoms with Gasteiger partial charge in [-0.1, -0.05) is 0 Å². The van der Waals surface area contributed by atoms with Gasteiger partial charge in [0.05, 0.1) is 7.11 Å². The van der Waals surface area contributed by atoms with Gasteiger partial charge in [-0.2, -0.15) is 0 Å². The van der Waals surface area contributed by atoms with E-state index in [-0.39, 0.29) is 11.0 Å². The zero-order valence-electron chi connectivity index (χ0n) is 11.6. The van der Waals surface area contributed by atoms with Gasteiger partial charge in [0.2, 0.25) is 0 Å². The van der Waals surface area contributed by atoms with Crippen LogP contribution < -0.4 is 15.5 Å². The van der Waals surface area contributed by atoms with Crippen LogP contribution in [0.15, 0.2) is 35.3 Å². The van der Waals surface area contributed by atoms with Crippen molar-refractivity contribution in [1.82, 2.24) is 4.98 Å². The Morgan fingerprint density at radius 3 is 2.60 bits per heavy atom. The van der Waals surface area contributed by atoms with E-state index in [0.717, 1.165) is 5.56 Å². The molecule has 0 bridgehead atoms. The molecule has 104 valence electrons. The van der Waals surface area contributed by atoms with Crippen molar-refractivity contribution >= 4 is 11.6 Å². The van der Waals surface area contributed by atoms with Crippen molar-refractivity contribution in [2.75, 3.05) is 12.4 Å².